The first-order valence-corrected chi connectivity index (χ1v) is 12.3. The first-order chi connectivity index (χ1) is 14.7. The van der Waals surface area contributed by atoms with Crippen LogP contribution in [0.25, 0.3) is 16.5 Å². The van der Waals surface area contributed by atoms with Crippen LogP contribution in [0.1, 0.15) is 58.2 Å². The molecule has 0 aliphatic rings. The summed E-state index contributed by atoms with van der Waals surface area (Å²) in [7, 11) is 0. The Bertz CT molecular complexity index is 1040. The summed E-state index contributed by atoms with van der Waals surface area (Å²) < 4.78 is 0. The predicted molar refractivity (Wildman–Crippen MR) is 140 cm³/mol. The van der Waals surface area contributed by atoms with Crippen LogP contribution in [0.3, 0.4) is 0 Å². The summed E-state index contributed by atoms with van der Waals surface area (Å²) in [5, 5.41) is 6.11. The third-order valence-corrected chi connectivity index (χ3v) is 6.97. The Morgan fingerprint density at radius 2 is 1.61 bits per heavy atom. The fraction of sp³-hybridized carbons (Fsp3) is 0.379. The maximum Gasteiger partial charge on any atom is 0.0351 e. The topological polar surface area (TPSA) is 12.0 Å². The lowest BCUT2D eigenvalue weighted by Crippen LogP contribution is -2.21. The van der Waals surface area contributed by atoms with Gasteiger partial charge in [0.1, 0.15) is 0 Å². The van der Waals surface area contributed by atoms with Crippen LogP contribution in [-0.2, 0) is 11.8 Å². The molecule has 0 fully saturated rings. The molecule has 3 aromatic rings. The lowest BCUT2D eigenvalue weighted by molar-refractivity contribution is 0.577. The van der Waals surface area contributed by atoms with Crippen molar-refractivity contribution in [3.63, 3.8) is 0 Å². The molecule has 0 aromatic heterocycles. The lowest BCUT2D eigenvalue weighted by atomic mass is 9.87. The molecule has 0 heterocycles. The van der Waals surface area contributed by atoms with Crippen LogP contribution in [0.2, 0.25) is 0 Å². The van der Waals surface area contributed by atoms with Gasteiger partial charge in [0.05, 0.1) is 0 Å². The van der Waals surface area contributed by atoms with E-state index in [2.05, 4.69) is 114 Å². The van der Waals surface area contributed by atoms with E-state index in [-0.39, 0.29) is 5.41 Å². The molecule has 0 saturated heterocycles. The third-order valence-electron chi connectivity index (χ3n) is 5.57. The normalized spacial score (nSPS) is 12.9. The lowest BCUT2D eigenvalue weighted by Gasteiger charge is -2.24. The minimum Gasteiger partial charge on any atom is -0.383 e. The third kappa shape index (κ3) is 5.95. The number of fused-ring (bicyclic) bond motifs is 1. The number of hydrogen-bond acceptors (Lipinski definition) is 2. The zero-order valence-corrected chi connectivity index (χ0v) is 20.8. The molecule has 1 atom stereocenters. The molecule has 0 spiro atoms. The van der Waals surface area contributed by atoms with Gasteiger partial charge < -0.3 is 5.32 Å². The molecular formula is C29H37NS. The summed E-state index contributed by atoms with van der Waals surface area (Å²) in [6, 6.07) is 22.4. The van der Waals surface area contributed by atoms with E-state index in [1.54, 1.807) is 0 Å². The van der Waals surface area contributed by atoms with Crippen molar-refractivity contribution in [1.29, 1.82) is 0 Å². The van der Waals surface area contributed by atoms with Gasteiger partial charge in [-0.25, -0.2) is 0 Å². The summed E-state index contributed by atoms with van der Waals surface area (Å²) in [5.74, 6) is 1.66. The summed E-state index contributed by atoms with van der Waals surface area (Å²) in [6.07, 6.45) is 1.05. The molecule has 1 unspecified atom stereocenters. The molecule has 2 heteroatoms. The van der Waals surface area contributed by atoms with Crippen molar-refractivity contribution in [1.82, 2.24) is 5.32 Å². The van der Waals surface area contributed by atoms with Gasteiger partial charge in [-0.2, -0.15) is 0 Å². The summed E-state index contributed by atoms with van der Waals surface area (Å²) >= 11 is 1.99. The van der Waals surface area contributed by atoms with Crippen molar-refractivity contribution >= 4 is 28.2 Å². The van der Waals surface area contributed by atoms with Gasteiger partial charge >= 0.3 is 0 Å². The Labute approximate surface area is 193 Å². The molecule has 0 aliphatic heterocycles. The standard InChI is InChI=1S/C29H37NS/c1-20(2)30-22(4)28-24(17-16-23-12-8-9-13-25(23)28)18-21(3)19-31-27-15-11-10-14-26(27)29(5,6)7/h8-17,20-21,30H,4,18-19H2,1-3,5-7H3. The highest BCUT2D eigenvalue weighted by Gasteiger charge is 2.19. The minimum atomic E-state index is 0.165. The number of thioether (sulfide) groups is 1. The second-order valence-electron chi connectivity index (χ2n) is 9.96. The molecule has 0 bridgehead atoms. The van der Waals surface area contributed by atoms with Crippen LogP contribution in [-0.4, -0.2) is 11.8 Å². The van der Waals surface area contributed by atoms with Crippen LogP contribution < -0.4 is 5.32 Å². The quantitative estimate of drug-likeness (QED) is 0.362. The van der Waals surface area contributed by atoms with Crippen LogP contribution in [0, 0.1) is 5.92 Å². The first-order valence-electron chi connectivity index (χ1n) is 11.4. The SMILES string of the molecule is C=C(NC(C)C)c1c(CC(C)CSc2ccccc2C(C)(C)C)ccc2ccccc12. The molecule has 164 valence electrons. The van der Waals surface area contributed by atoms with Crippen molar-refractivity contribution in [3.05, 3.63) is 83.9 Å². The molecule has 3 aromatic carbocycles. The van der Waals surface area contributed by atoms with E-state index in [0.29, 0.717) is 12.0 Å². The first kappa shape index (κ1) is 23.5. The second-order valence-corrected chi connectivity index (χ2v) is 11.0. The zero-order chi connectivity index (χ0) is 22.6. The average molecular weight is 432 g/mol. The highest BCUT2D eigenvalue weighted by atomic mass is 32.2. The monoisotopic (exact) mass is 431 g/mol. The zero-order valence-electron chi connectivity index (χ0n) is 20.0. The van der Waals surface area contributed by atoms with E-state index in [9.17, 15) is 0 Å². The number of benzene rings is 3. The van der Waals surface area contributed by atoms with Gasteiger partial charge in [0.2, 0.25) is 0 Å². The molecule has 1 nitrogen and oxygen atoms in total. The molecule has 0 radical (unpaired) electrons. The fourth-order valence-electron chi connectivity index (χ4n) is 4.14. The fourth-order valence-corrected chi connectivity index (χ4v) is 5.43. The Morgan fingerprint density at radius 3 is 2.32 bits per heavy atom. The minimum absolute atomic E-state index is 0.165. The van der Waals surface area contributed by atoms with Gasteiger partial charge in [-0.05, 0) is 59.6 Å². The average Bonchev–Trinajstić information content (AvgIpc) is 2.71. The van der Waals surface area contributed by atoms with Crippen LogP contribution in [0.15, 0.2) is 72.1 Å². The number of hydrogen-bond donors (Lipinski definition) is 1. The van der Waals surface area contributed by atoms with Gasteiger partial charge in [0, 0.05) is 28.0 Å². The van der Waals surface area contributed by atoms with E-state index in [4.69, 9.17) is 0 Å². The molecule has 0 amide bonds. The second kappa shape index (κ2) is 9.96. The van der Waals surface area contributed by atoms with Crippen LogP contribution in [0.5, 0.6) is 0 Å². The molecule has 31 heavy (non-hydrogen) atoms. The van der Waals surface area contributed by atoms with E-state index in [1.165, 1.54) is 32.4 Å². The Balaban J connectivity index is 1.83. The van der Waals surface area contributed by atoms with Crippen molar-refractivity contribution < 1.29 is 0 Å². The van der Waals surface area contributed by atoms with Crippen LogP contribution >= 0.6 is 11.8 Å². The van der Waals surface area contributed by atoms with Crippen molar-refractivity contribution in [2.24, 2.45) is 5.92 Å². The van der Waals surface area contributed by atoms with Gasteiger partial charge in [0.25, 0.3) is 0 Å². The van der Waals surface area contributed by atoms with E-state index >= 15 is 0 Å². The van der Waals surface area contributed by atoms with Gasteiger partial charge in [-0.15, -0.1) is 11.8 Å². The molecule has 0 aliphatic carbocycles. The number of rotatable bonds is 8. The van der Waals surface area contributed by atoms with Gasteiger partial charge in [0.15, 0.2) is 0 Å². The maximum atomic E-state index is 4.40. The largest absolute Gasteiger partial charge is 0.383 e. The number of nitrogens with one attached hydrogen (secondary N) is 1. The smallest absolute Gasteiger partial charge is 0.0351 e. The van der Waals surface area contributed by atoms with Crippen molar-refractivity contribution in [3.8, 4) is 0 Å². The maximum absolute atomic E-state index is 4.40. The van der Waals surface area contributed by atoms with Gasteiger partial charge in [-0.1, -0.05) is 88.9 Å². The molecule has 0 saturated carbocycles. The molecular weight excluding hydrogens is 394 g/mol. The summed E-state index contributed by atoms with van der Waals surface area (Å²) in [4.78, 5) is 1.41. The van der Waals surface area contributed by atoms with E-state index < -0.39 is 0 Å². The van der Waals surface area contributed by atoms with Crippen LogP contribution in [0.4, 0.5) is 0 Å². The van der Waals surface area contributed by atoms with E-state index in [1.807, 2.05) is 11.8 Å². The Hall–Kier alpha value is -2.19. The molecule has 3 rings (SSSR count). The predicted octanol–water partition coefficient (Wildman–Crippen LogP) is 8.08. The summed E-state index contributed by atoms with van der Waals surface area (Å²) in [6.45, 7) is 18.0. The summed E-state index contributed by atoms with van der Waals surface area (Å²) in [5.41, 5.74) is 5.29. The Morgan fingerprint density at radius 1 is 0.935 bits per heavy atom. The van der Waals surface area contributed by atoms with Crippen molar-refractivity contribution in [2.75, 3.05) is 5.75 Å². The highest BCUT2D eigenvalue weighted by molar-refractivity contribution is 7.99. The molecule has 1 N–H and O–H groups in total. The highest BCUT2D eigenvalue weighted by Crippen LogP contribution is 2.34. The van der Waals surface area contributed by atoms with E-state index in [0.717, 1.165) is 17.9 Å². The van der Waals surface area contributed by atoms with Crippen molar-refractivity contribution in [2.45, 2.75) is 64.3 Å². The Kier molecular flexibility index (Phi) is 7.54. The van der Waals surface area contributed by atoms with Gasteiger partial charge in [-0.3, -0.25) is 0 Å².